The molecular formula is C8H16N2S2. The molecule has 0 spiro atoms. The van der Waals surface area contributed by atoms with Gasteiger partial charge in [0, 0.05) is 36.0 Å². The van der Waals surface area contributed by atoms with Gasteiger partial charge in [-0.05, 0) is 12.5 Å². The van der Waals surface area contributed by atoms with Gasteiger partial charge in [-0.3, -0.25) is 0 Å². The molecule has 70 valence electrons. The second-order valence-corrected chi connectivity index (χ2v) is 4.78. The van der Waals surface area contributed by atoms with Crippen LogP contribution in [0.4, 0.5) is 0 Å². The second-order valence-electron chi connectivity index (χ2n) is 2.58. The highest BCUT2D eigenvalue weighted by molar-refractivity contribution is 8.09. The third kappa shape index (κ3) is 4.40. The van der Waals surface area contributed by atoms with Crippen LogP contribution in [0.25, 0.3) is 0 Å². The van der Waals surface area contributed by atoms with Gasteiger partial charge in [0.2, 0.25) is 0 Å². The van der Waals surface area contributed by atoms with Crippen molar-refractivity contribution in [1.29, 1.82) is 0 Å². The van der Waals surface area contributed by atoms with Crippen LogP contribution < -0.4 is 10.6 Å². The molecule has 0 unspecified atom stereocenters. The number of nitrogens with one attached hydrogen (secondary N) is 2. The third-order valence-corrected chi connectivity index (χ3v) is 3.89. The number of hydrogen-bond donors (Lipinski definition) is 2. The van der Waals surface area contributed by atoms with Crippen molar-refractivity contribution in [3.8, 4) is 0 Å². The summed E-state index contributed by atoms with van der Waals surface area (Å²) in [7, 11) is 1.98. The van der Waals surface area contributed by atoms with E-state index in [1.165, 1.54) is 16.4 Å². The molecule has 0 amide bonds. The fourth-order valence-electron chi connectivity index (χ4n) is 0.924. The lowest BCUT2D eigenvalue weighted by molar-refractivity contribution is 0.688. The van der Waals surface area contributed by atoms with E-state index in [2.05, 4.69) is 16.0 Å². The van der Waals surface area contributed by atoms with E-state index < -0.39 is 0 Å². The van der Waals surface area contributed by atoms with Crippen molar-refractivity contribution in [2.75, 3.05) is 38.2 Å². The van der Waals surface area contributed by atoms with Crippen molar-refractivity contribution in [2.45, 2.75) is 0 Å². The summed E-state index contributed by atoms with van der Waals surface area (Å²) < 4.78 is 0. The van der Waals surface area contributed by atoms with Crippen LogP contribution in [-0.4, -0.2) is 38.2 Å². The third-order valence-electron chi connectivity index (χ3n) is 1.55. The van der Waals surface area contributed by atoms with Gasteiger partial charge >= 0.3 is 0 Å². The lowest BCUT2D eigenvalue weighted by Gasteiger charge is -2.12. The molecule has 0 aromatic heterocycles. The predicted molar refractivity (Wildman–Crippen MR) is 59.8 cm³/mol. The Kier molecular flexibility index (Phi) is 5.94. The van der Waals surface area contributed by atoms with E-state index in [1.807, 2.05) is 30.6 Å². The summed E-state index contributed by atoms with van der Waals surface area (Å²) in [5.41, 5.74) is 0. The van der Waals surface area contributed by atoms with Gasteiger partial charge in [-0.1, -0.05) is 0 Å². The molecular weight excluding hydrogens is 188 g/mol. The smallest absolute Gasteiger partial charge is 0.0271 e. The number of rotatable bonds is 5. The highest BCUT2D eigenvalue weighted by Gasteiger charge is 2.02. The van der Waals surface area contributed by atoms with E-state index >= 15 is 0 Å². The average molecular weight is 204 g/mol. The maximum absolute atomic E-state index is 3.39. The molecule has 0 aromatic carbocycles. The average Bonchev–Trinajstić information content (AvgIpc) is 2.14. The first-order valence-corrected chi connectivity index (χ1v) is 6.25. The Hall–Kier alpha value is 0.360. The van der Waals surface area contributed by atoms with Crippen molar-refractivity contribution in [3.63, 3.8) is 0 Å². The van der Waals surface area contributed by atoms with Crippen LogP contribution in [0.15, 0.2) is 10.3 Å². The summed E-state index contributed by atoms with van der Waals surface area (Å²) in [4.78, 5) is 1.49. The van der Waals surface area contributed by atoms with Gasteiger partial charge in [-0.2, -0.15) is 0 Å². The van der Waals surface area contributed by atoms with Gasteiger partial charge in [0.05, 0.1) is 0 Å². The summed E-state index contributed by atoms with van der Waals surface area (Å²) >= 11 is 3.91. The van der Waals surface area contributed by atoms with Crippen molar-refractivity contribution < 1.29 is 0 Å². The molecule has 1 heterocycles. The van der Waals surface area contributed by atoms with E-state index in [4.69, 9.17) is 0 Å². The zero-order chi connectivity index (χ0) is 8.65. The summed E-state index contributed by atoms with van der Waals surface area (Å²) in [6, 6.07) is 0. The fraction of sp³-hybridized carbons (Fsp3) is 0.750. The largest absolute Gasteiger partial charge is 0.318 e. The molecule has 0 aliphatic carbocycles. The van der Waals surface area contributed by atoms with E-state index in [-0.39, 0.29) is 0 Å². The van der Waals surface area contributed by atoms with Crippen LogP contribution >= 0.6 is 23.5 Å². The molecule has 1 aliphatic rings. The Morgan fingerprint density at radius 1 is 1.42 bits per heavy atom. The molecule has 1 rings (SSSR count). The van der Waals surface area contributed by atoms with Gasteiger partial charge in [0.1, 0.15) is 0 Å². The van der Waals surface area contributed by atoms with Gasteiger partial charge in [0.25, 0.3) is 0 Å². The first-order chi connectivity index (χ1) is 5.93. The SMILES string of the molecule is CNCCNCC1=CSCCS1. The summed E-state index contributed by atoms with van der Waals surface area (Å²) in [5, 5.41) is 8.78. The van der Waals surface area contributed by atoms with Crippen LogP contribution in [0.1, 0.15) is 0 Å². The first-order valence-electron chi connectivity index (χ1n) is 4.22. The zero-order valence-corrected chi connectivity index (χ0v) is 9.06. The summed E-state index contributed by atoms with van der Waals surface area (Å²) in [6.45, 7) is 3.14. The minimum absolute atomic E-state index is 1.04. The summed E-state index contributed by atoms with van der Waals surface area (Å²) in [5.74, 6) is 2.54. The first kappa shape index (κ1) is 10.4. The van der Waals surface area contributed by atoms with Gasteiger partial charge in [0.15, 0.2) is 0 Å². The Bertz CT molecular complexity index is 148. The van der Waals surface area contributed by atoms with Crippen molar-refractivity contribution in [2.24, 2.45) is 0 Å². The Labute approximate surface area is 82.9 Å². The number of hydrogen-bond acceptors (Lipinski definition) is 4. The van der Waals surface area contributed by atoms with Gasteiger partial charge < -0.3 is 10.6 Å². The van der Waals surface area contributed by atoms with Crippen LogP contribution in [0, 0.1) is 0 Å². The van der Waals surface area contributed by atoms with Crippen LogP contribution in [-0.2, 0) is 0 Å². The number of likely N-dealkylation sites (N-methyl/N-ethyl adjacent to an activating group) is 1. The second kappa shape index (κ2) is 6.83. The van der Waals surface area contributed by atoms with Crippen LogP contribution in [0.5, 0.6) is 0 Å². The molecule has 2 nitrogen and oxygen atoms in total. The van der Waals surface area contributed by atoms with Crippen LogP contribution in [0.3, 0.4) is 0 Å². The molecule has 0 atom stereocenters. The fourth-order valence-corrected chi connectivity index (χ4v) is 2.97. The molecule has 4 heteroatoms. The van der Waals surface area contributed by atoms with E-state index in [0.717, 1.165) is 19.6 Å². The molecule has 0 bridgehead atoms. The molecule has 0 aromatic rings. The zero-order valence-electron chi connectivity index (χ0n) is 7.43. The lowest BCUT2D eigenvalue weighted by atomic mass is 10.5. The van der Waals surface area contributed by atoms with Crippen LogP contribution in [0.2, 0.25) is 0 Å². The molecule has 0 radical (unpaired) electrons. The van der Waals surface area contributed by atoms with Gasteiger partial charge in [-0.25, -0.2) is 0 Å². The Morgan fingerprint density at radius 2 is 2.33 bits per heavy atom. The van der Waals surface area contributed by atoms with E-state index in [0.29, 0.717) is 0 Å². The highest BCUT2D eigenvalue weighted by Crippen LogP contribution is 2.25. The maximum atomic E-state index is 3.39. The predicted octanol–water partition coefficient (Wildman–Crippen LogP) is 1.12. The molecule has 2 N–H and O–H groups in total. The maximum Gasteiger partial charge on any atom is 0.0271 e. The molecule has 0 fully saturated rings. The molecule has 1 aliphatic heterocycles. The quantitative estimate of drug-likeness (QED) is 0.655. The normalized spacial score (nSPS) is 17.6. The van der Waals surface area contributed by atoms with Crippen molar-refractivity contribution in [1.82, 2.24) is 10.6 Å². The monoisotopic (exact) mass is 204 g/mol. The minimum atomic E-state index is 1.04. The Balaban J connectivity index is 2.01. The molecule has 0 saturated carbocycles. The van der Waals surface area contributed by atoms with Crippen molar-refractivity contribution in [3.05, 3.63) is 10.3 Å². The molecule has 12 heavy (non-hydrogen) atoms. The minimum Gasteiger partial charge on any atom is -0.318 e. The Morgan fingerprint density at radius 3 is 3.00 bits per heavy atom. The van der Waals surface area contributed by atoms with Crippen molar-refractivity contribution >= 4 is 23.5 Å². The number of thioether (sulfide) groups is 2. The highest BCUT2D eigenvalue weighted by atomic mass is 32.2. The van der Waals surface area contributed by atoms with E-state index in [1.54, 1.807) is 0 Å². The standard InChI is InChI=1S/C8H16N2S2/c1-9-2-3-10-6-8-7-11-4-5-12-8/h7,9-10H,2-6H2,1H3. The van der Waals surface area contributed by atoms with Gasteiger partial charge in [-0.15, -0.1) is 23.5 Å². The topological polar surface area (TPSA) is 24.1 Å². The van der Waals surface area contributed by atoms with E-state index in [9.17, 15) is 0 Å². The lowest BCUT2D eigenvalue weighted by Crippen LogP contribution is -2.26. The summed E-state index contributed by atoms with van der Waals surface area (Å²) in [6.07, 6.45) is 0. The molecule has 0 saturated heterocycles.